The molecule has 0 aliphatic carbocycles. The average Bonchev–Trinajstić information content (AvgIpc) is 2.17. The molecule has 88 valence electrons. The number of aliphatic hydroxyl groups excluding tert-OH is 2. The summed E-state index contributed by atoms with van der Waals surface area (Å²) in [5.74, 6) is -0.208. The predicted octanol–water partition coefficient (Wildman–Crippen LogP) is -1.39. The molecule has 0 aromatic rings. The van der Waals surface area contributed by atoms with Crippen molar-refractivity contribution in [3.8, 4) is 0 Å². The molecule has 6 heteroatoms. The highest BCUT2D eigenvalue weighted by Crippen LogP contribution is 2.20. The van der Waals surface area contributed by atoms with E-state index in [1.165, 1.54) is 14.0 Å². The quantitative estimate of drug-likeness (QED) is 0.543. The topological polar surface area (TPSA) is 88.0 Å². The molecule has 1 saturated heterocycles. The highest BCUT2D eigenvalue weighted by molar-refractivity contribution is 5.73. The van der Waals surface area contributed by atoms with Crippen molar-refractivity contribution in [3.05, 3.63) is 0 Å². The number of nitrogens with one attached hydrogen (secondary N) is 1. The van der Waals surface area contributed by atoms with Gasteiger partial charge in [-0.2, -0.15) is 0 Å². The minimum absolute atomic E-state index is 0.208. The lowest BCUT2D eigenvalue weighted by atomic mass is 10.0. The Bertz CT molecular complexity index is 223. The van der Waals surface area contributed by atoms with Gasteiger partial charge in [0.05, 0.1) is 18.8 Å². The van der Waals surface area contributed by atoms with Crippen molar-refractivity contribution in [3.63, 3.8) is 0 Å². The van der Waals surface area contributed by atoms with Crippen LogP contribution in [0.15, 0.2) is 0 Å². The van der Waals surface area contributed by atoms with Crippen molar-refractivity contribution in [1.29, 1.82) is 0 Å². The van der Waals surface area contributed by atoms with Crippen LogP contribution in [0.1, 0.15) is 13.3 Å². The summed E-state index contributed by atoms with van der Waals surface area (Å²) >= 11 is 0. The normalized spacial score (nSPS) is 36.3. The van der Waals surface area contributed by atoms with Gasteiger partial charge in [-0.25, -0.2) is 0 Å². The Morgan fingerprint density at radius 3 is 2.80 bits per heavy atom. The molecule has 1 aliphatic rings. The Balaban J connectivity index is 2.60. The van der Waals surface area contributed by atoms with Crippen LogP contribution in [-0.4, -0.2) is 54.4 Å². The summed E-state index contributed by atoms with van der Waals surface area (Å²) in [6.45, 7) is 1.12. The molecule has 1 heterocycles. The van der Waals surface area contributed by atoms with Crippen LogP contribution in [0.5, 0.6) is 0 Å². The Morgan fingerprint density at radius 2 is 2.33 bits per heavy atom. The third-order valence-electron chi connectivity index (χ3n) is 2.36. The molecule has 1 aliphatic heterocycles. The largest absolute Gasteiger partial charge is 0.394 e. The first-order valence-electron chi connectivity index (χ1n) is 4.82. The van der Waals surface area contributed by atoms with Gasteiger partial charge >= 0.3 is 0 Å². The number of carbonyl (C=O) groups excluding carboxylic acids is 1. The molecule has 0 saturated carbocycles. The molecule has 4 atom stereocenters. The fourth-order valence-electron chi connectivity index (χ4n) is 1.65. The summed E-state index contributed by atoms with van der Waals surface area (Å²) in [5.41, 5.74) is 0. The second-order valence-corrected chi connectivity index (χ2v) is 3.57. The minimum atomic E-state index is -0.793. The van der Waals surface area contributed by atoms with Crippen molar-refractivity contribution in [2.75, 3.05) is 13.7 Å². The number of methoxy groups -OCH3 is 1. The lowest BCUT2D eigenvalue weighted by molar-refractivity contribution is -0.232. The fourth-order valence-corrected chi connectivity index (χ4v) is 1.65. The maximum Gasteiger partial charge on any atom is 0.217 e. The summed E-state index contributed by atoms with van der Waals surface area (Å²) in [5, 5.41) is 21.1. The molecule has 0 aromatic heterocycles. The van der Waals surface area contributed by atoms with Gasteiger partial charge in [0.15, 0.2) is 6.29 Å². The second-order valence-electron chi connectivity index (χ2n) is 3.57. The molecular weight excluding hydrogens is 202 g/mol. The van der Waals surface area contributed by atoms with E-state index >= 15 is 0 Å². The molecule has 0 unspecified atom stereocenters. The average molecular weight is 219 g/mol. The molecule has 1 rings (SSSR count). The zero-order chi connectivity index (χ0) is 11.4. The van der Waals surface area contributed by atoms with Gasteiger partial charge in [0.1, 0.15) is 6.10 Å². The van der Waals surface area contributed by atoms with Crippen LogP contribution in [-0.2, 0) is 14.3 Å². The first-order chi connectivity index (χ1) is 7.08. The Labute approximate surface area is 88.2 Å². The molecule has 1 amide bonds. The number of rotatable bonds is 3. The molecule has 1 fully saturated rings. The molecule has 6 nitrogen and oxygen atoms in total. The van der Waals surface area contributed by atoms with Gasteiger partial charge < -0.3 is 25.0 Å². The molecule has 0 radical (unpaired) electrons. The molecule has 0 bridgehead atoms. The fraction of sp³-hybridized carbons (Fsp3) is 0.889. The van der Waals surface area contributed by atoms with E-state index in [-0.39, 0.29) is 18.6 Å². The molecule has 3 N–H and O–H groups in total. The smallest absolute Gasteiger partial charge is 0.217 e. The van der Waals surface area contributed by atoms with E-state index in [1.807, 2.05) is 0 Å². The first kappa shape index (κ1) is 12.4. The Morgan fingerprint density at radius 1 is 1.67 bits per heavy atom. The Kier molecular flexibility index (Phi) is 4.46. The maximum absolute atomic E-state index is 10.9. The Hall–Kier alpha value is -0.690. The van der Waals surface area contributed by atoms with Crippen LogP contribution in [0.2, 0.25) is 0 Å². The van der Waals surface area contributed by atoms with Crippen LogP contribution in [0.4, 0.5) is 0 Å². The van der Waals surface area contributed by atoms with Crippen molar-refractivity contribution in [2.24, 2.45) is 0 Å². The maximum atomic E-state index is 10.9. The summed E-state index contributed by atoms with van der Waals surface area (Å²) < 4.78 is 10.3. The van der Waals surface area contributed by atoms with Crippen LogP contribution in [0.3, 0.4) is 0 Å². The first-order valence-corrected chi connectivity index (χ1v) is 4.82. The number of hydrogen-bond donors (Lipinski definition) is 3. The van der Waals surface area contributed by atoms with Gasteiger partial charge in [-0.05, 0) is 0 Å². The number of hydrogen-bond acceptors (Lipinski definition) is 5. The van der Waals surface area contributed by atoms with E-state index in [1.54, 1.807) is 0 Å². The molecule has 15 heavy (non-hydrogen) atoms. The highest BCUT2D eigenvalue weighted by Gasteiger charge is 2.37. The zero-order valence-corrected chi connectivity index (χ0v) is 8.84. The van der Waals surface area contributed by atoms with Crippen molar-refractivity contribution in [1.82, 2.24) is 5.32 Å². The van der Waals surface area contributed by atoms with Crippen LogP contribution in [0.25, 0.3) is 0 Å². The third-order valence-corrected chi connectivity index (χ3v) is 2.36. The number of carbonyl (C=O) groups is 1. The lowest BCUT2D eigenvalue weighted by Gasteiger charge is -2.38. The summed E-state index contributed by atoms with van der Waals surface area (Å²) in [7, 11) is 1.45. The number of aliphatic hydroxyl groups is 2. The van der Waals surface area contributed by atoms with E-state index in [2.05, 4.69) is 5.32 Å². The van der Waals surface area contributed by atoms with Gasteiger partial charge in [-0.1, -0.05) is 0 Å². The second kappa shape index (κ2) is 5.41. The molecular formula is C9H17NO5. The van der Waals surface area contributed by atoms with Crippen molar-refractivity contribution in [2.45, 2.75) is 37.9 Å². The highest BCUT2D eigenvalue weighted by atomic mass is 16.7. The lowest BCUT2D eigenvalue weighted by Crippen LogP contribution is -2.55. The van der Waals surface area contributed by atoms with Gasteiger partial charge in [-0.15, -0.1) is 0 Å². The van der Waals surface area contributed by atoms with E-state index in [0.717, 1.165) is 0 Å². The zero-order valence-electron chi connectivity index (χ0n) is 8.84. The number of ether oxygens (including phenoxy) is 2. The third kappa shape index (κ3) is 3.13. The minimum Gasteiger partial charge on any atom is -0.394 e. The van der Waals surface area contributed by atoms with Gasteiger partial charge in [0.2, 0.25) is 5.91 Å². The molecule has 0 spiro atoms. The standard InChI is InChI=1S/C9H17NO5/c1-5(12)10-6-3-7(13)8(4-11)15-9(6)14-2/h6-9,11,13H,3-4H2,1-2H3,(H,10,12)/t6-,7+,8-,9+/m1/s1. The monoisotopic (exact) mass is 219 g/mol. The SMILES string of the molecule is CO[C@H]1O[C@H](CO)[C@@H](O)C[C@H]1NC(C)=O. The molecule has 0 aromatic carbocycles. The van der Waals surface area contributed by atoms with Crippen molar-refractivity contribution >= 4 is 5.91 Å². The van der Waals surface area contributed by atoms with E-state index in [4.69, 9.17) is 14.6 Å². The summed E-state index contributed by atoms with van der Waals surface area (Å²) in [4.78, 5) is 10.9. The summed E-state index contributed by atoms with van der Waals surface area (Å²) in [6, 6.07) is -0.384. The van der Waals surface area contributed by atoms with Crippen LogP contribution < -0.4 is 5.32 Å². The van der Waals surface area contributed by atoms with Crippen molar-refractivity contribution < 1.29 is 24.5 Å². The van der Waals surface area contributed by atoms with Gasteiger partial charge in [-0.3, -0.25) is 4.79 Å². The van der Waals surface area contributed by atoms with E-state index in [0.29, 0.717) is 6.42 Å². The van der Waals surface area contributed by atoms with E-state index in [9.17, 15) is 9.90 Å². The predicted molar refractivity (Wildman–Crippen MR) is 51.0 cm³/mol. The summed E-state index contributed by atoms with van der Waals surface area (Å²) in [6.07, 6.45) is -1.77. The number of amides is 1. The van der Waals surface area contributed by atoms with Crippen LogP contribution in [0, 0.1) is 0 Å². The van der Waals surface area contributed by atoms with Gasteiger partial charge in [0.25, 0.3) is 0 Å². The van der Waals surface area contributed by atoms with Gasteiger partial charge in [0, 0.05) is 20.5 Å². The van der Waals surface area contributed by atoms with E-state index < -0.39 is 18.5 Å². The van der Waals surface area contributed by atoms with Crippen LogP contribution >= 0.6 is 0 Å².